The van der Waals surface area contributed by atoms with Crippen LogP contribution in [0.3, 0.4) is 0 Å². The predicted molar refractivity (Wildman–Crippen MR) is 84.6 cm³/mol. The summed E-state index contributed by atoms with van der Waals surface area (Å²) in [7, 11) is 0. The summed E-state index contributed by atoms with van der Waals surface area (Å²) >= 11 is 1.96. The molecule has 3 rings (SSSR count). The third kappa shape index (κ3) is 3.26. The molecule has 3 nitrogen and oxygen atoms in total. The van der Waals surface area contributed by atoms with Crippen molar-refractivity contribution in [2.45, 2.75) is 37.8 Å². The number of aryl methyl sites for hydroxylation is 1. The number of hydrazine groups is 1. The number of halogens is 1. The molecule has 2 aliphatic rings. The maximum absolute atomic E-state index is 13.7. The van der Waals surface area contributed by atoms with Crippen LogP contribution in [0.1, 0.15) is 36.4 Å². The number of thioether (sulfide) groups is 1. The van der Waals surface area contributed by atoms with Gasteiger partial charge in [-0.1, -0.05) is 6.07 Å². The van der Waals surface area contributed by atoms with E-state index in [1.165, 1.54) is 5.75 Å². The number of hydrogen-bond donors (Lipinski definition) is 2. The third-order valence-electron chi connectivity index (χ3n) is 4.67. The van der Waals surface area contributed by atoms with Gasteiger partial charge >= 0.3 is 0 Å². The topological polar surface area (TPSA) is 47.3 Å². The Bertz CT molecular complexity index is 485. The largest absolute Gasteiger partial charge is 0.374 e. The molecular weight excluding hydrogens is 287 g/mol. The molecule has 21 heavy (non-hydrogen) atoms. The van der Waals surface area contributed by atoms with Crippen LogP contribution in [0.4, 0.5) is 4.39 Å². The van der Waals surface area contributed by atoms with Crippen molar-refractivity contribution in [2.75, 3.05) is 18.1 Å². The number of rotatable bonds is 3. The minimum absolute atomic E-state index is 0.00854. The first-order valence-corrected chi connectivity index (χ1v) is 8.72. The van der Waals surface area contributed by atoms with E-state index < -0.39 is 0 Å². The van der Waals surface area contributed by atoms with Gasteiger partial charge in [-0.15, -0.1) is 0 Å². The maximum atomic E-state index is 13.7. The maximum Gasteiger partial charge on any atom is 0.123 e. The summed E-state index contributed by atoms with van der Waals surface area (Å²) in [5.41, 5.74) is 4.82. The molecule has 2 fully saturated rings. The molecule has 2 heterocycles. The lowest BCUT2D eigenvalue weighted by Gasteiger charge is -2.41. The molecule has 3 N–H and O–H groups in total. The molecule has 0 amide bonds. The molecular formula is C16H23FN2OS. The molecule has 0 aromatic heterocycles. The number of benzene rings is 1. The van der Waals surface area contributed by atoms with E-state index >= 15 is 0 Å². The van der Waals surface area contributed by atoms with Crippen molar-refractivity contribution in [3.63, 3.8) is 0 Å². The number of nitrogens with two attached hydrogens (primary N) is 1. The standard InChI is InChI=1S/C16H23FN2OS/c1-11-6-13(8-14(17)7-11)15(19-18)12-2-4-20-16(9-12)3-5-21-10-16/h6-8,12,15,19H,2-5,9-10,18H2,1H3. The second-order valence-electron chi connectivity index (χ2n) is 6.29. The summed E-state index contributed by atoms with van der Waals surface area (Å²) in [5.74, 6) is 8.25. The van der Waals surface area contributed by atoms with Gasteiger partial charge < -0.3 is 4.74 Å². The Hall–Kier alpha value is -0.620. The van der Waals surface area contributed by atoms with Crippen LogP contribution in [0.5, 0.6) is 0 Å². The van der Waals surface area contributed by atoms with Gasteiger partial charge in [-0.25, -0.2) is 4.39 Å². The van der Waals surface area contributed by atoms with Gasteiger partial charge in [-0.05, 0) is 61.1 Å². The molecule has 0 bridgehead atoms. The fourth-order valence-corrected chi connectivity index (χ4v) is 5.04. The van der Waals surface area contributed by atoms with E-state index in [0.29, 0.717) is 5.92 Å². The van der Waals surface area contributed by atoms with Crippen LogP contribution < -0.4 is 11.3 Å². The molecule has 0 radical (unpaired) electrons. The first kappa shape index (κ1) is 15.3. The highest BCUT2D eigenvalue weighted by Crippen LogP contribution is 2.43. The fourth-order valence-electron chi connectivity index (χ4n) is 3.66. The van der Waals surface area contributed by atoms with Crippen molar-refractivity contribution < 1.29 is 9.13 Å². The molecule has 1 spiro atoms. The van der Waals surface area contributed by atoms with Gasteiger partial charge in [0.1, 0.15) is 5.82 Å². The van der Waals surface area contributed by atoms with Crippen molar-refractivity contribution in [3.05, 3.63) is 35.1 Å². The molecule has 116 valence electrons. The van der Waals surface area contributed by atoms with Crippen LogP contribution in [-0.2, 0) is 4.74 Å². The van der Waals surface area contributed by atoms with Gasteiger partial charge in [-0.2, -0.15) is 11.8 Å². The average molecular weight is 310 g/mol. The lowest BCUT2D eigenvalue weighted by Crippen LogP contribution is -2.45. The van der Waals surface area contributed by atoms with Crippen LogP contribution >= 0.6 is 11.8 Å². The zero-order valence-corrected chi connectivity index (χ0v) is 13.2. The highest BCUT2D eigenvalue weighted by atomic mass is 32.2. The van der Waals surface area contributed by atoms with Gasteiger partial charge in [0.2, 0.25) is 0 Å². The van der Waals surface area contributed by atoms with Crippen LogP contribution in [-0.4, -0.2) is 23.7 Å². The van der Waals surface area contributed by atoms with Crippen molar-refractivity contribution >= 4 is 11.8 Å². The zero-order chi connectivity index (χ0) is 14.9. The number of hydrogen-bond acceptors (Lipinski definition) is 4. The SMILES string of the molecule is Cc1cc(F)cc(C(NN)C2CCOC3(CCSC3)C2)c1. The molecule has 2 saturated heterocycles. The molecule has 3 unspecified atom stereocenters. The van der Waals surface area contributed by atoms with Gasteiger partial charge in [-0.3, -0.25) is 11.3 Å². The minimum atomic E-state index is -0.191. The van der Waals surface area contributed by atoms with E-state index in [0.717, 1.165) is 42.7 Å². The monoisotopic (exact) mass is 310 g/mol. The Morgan fingerprint density at radius 3 is 3.00 bits per heavy atom. The highest BCUT2D eigenvalue weighted by Gasteiger charge is 2.42. The second kappa shape index (κ2) is 6.24. The van der Waals surface area contributed by atoms with E-state index in [4.69, 9.17) is 10.6 Å². The van der Waals surface area contributed by atoms with E-state index in [1.807, 2.05) is 24.8 Å². The van der Waals surface area contributed by atoms with Crippen molar-refractivity contribution in [1.82, 2.24) is 5.43 Å². The average Bonchev–Trinajstić information content (AvgIpc) is 2.86. The summed E-state index contributed by atoms with van der Waals surface area (Å²) in [5, 5.41) is 0. The Kier molecular flexibility index (Phi) is 4.54. The van der Waals surface area contributed by atoms with Crippen LogP contribution in [0, 0.1) is 18.7 Å². The minimum Gasteiger partial charge on any atom is -0.374 e. The first-order valence-electron chi connectivity index (χ1n) is 7.57. The smallest absolute Gasteiger partial charge is 0.123 e. The summed E-state index contributed by atoms with van der Waals surface area (Å²) in [6.07, 6.45) is 3.09. The number of ether oxygens (including phenoxy) is 1. The lowest BCUT2D eigenvalue weighted by atomic mass is 9.79. The lowest BCUT2D eigenvalue weighted by molar-refractivity contribution is -0.0854. The molecule has 1 aromatic carbocycles. The molecule has 1 aromatic rings. The van der Waals surface area contributed by atoms with Gasteiger partial charge in [0, 0.05) is 18.4 Å². The third-order valence-corrected chi connectivity index (χ3v) is 5.90. The van der Waals surface area contributed by atoms with Crippen molar-refractivity contribution in [3.8, 4) is 0 Å². The van der Waals surface area contributed by atoms with Crippen LogP contribution in [0.25, 0.3) is 0 Å². The summed E-state index contributed by atoms with van der Waals surface area (Å²) in [6, 6.07) is 5.17. The Morgan fingerprint density at radius 2 is 2.33 bits per heavy atom. The van der Waals surface area contributed by atoms with E-state index in [2.05, 4.69) is 5.43 Å². The Morgan fingerprint density at radius 1 is 1.48 bits per heavy atom. The van der Waals surface area contributed by atoms with E-state index in [-0.39, 0.29) is 17.5 Å². The molecule has 0 aliphatic carbocycles. The summed E-state index contributed by atoms with van der Waals surface area (Å²) in [4.78, 5) is 0. The fraction of sp³-hybridized carbons (Fsp3) is 0.625. The Labute approximate surface area is 129 Å². The van der Waals surface area contributed by atoms with Crippen molar-refractivity contribution in [2.24, 2.45) is 11.8 Å². The highest BCUT2D eigenvalue weighted by molar-refractivity contribution is 7.99. The molecule has 5 heteroatoms. The van der Waals surface area contributed by atoms with Gasteiger partial charge in [0.05, 0.1) is 5.60 Å². The van der Waals surface area contributed by atoms with Crippen LogP contribution in [0.2, 0.25) is 0 Å². The zero-order valence-electron chi connectivity index (χ0n) is 12.4. The molecule has 2 aliphatic heterocycles. The van der Waals surface area contributed by atoms with Crippen LogP contribution in [0.15, 0.2) is 18.2 Å². The van der Waals surface area contributed by atoms with E-state index in [1.54, 1.807) is 12.1 Å². The van der Waals surface area contributed by atoms with E-state index in [9.17, 15) is 4.39 Å². The summed E-state index contributed by atoms with van der Waals surface area (Å²) < 4.78 is 19.8. The van der Waals surface area contributed by atoms with Crippen molar-refractivity contribution in [1.29, 1.82) is 0 Å². The second-order valence-corrected chi connectivity index (χ2v) is 7.40. The van der Waals surface area contributed by atoms with Gasteiger partial charge in [0.15, 0.2) is 0 Å². The molecule has 3 atom stereocenters. The quantitative estimate of drug-likeness (QED) is 0.666. The number of nitrogens with one attached hydrogen (secondary N) is 1. The normalized spacial score (nSPS) is 30.7. The predicted octanol–water partition coefficient (Wildman–Crippen LogP) is 2.94. The summed E-state index contributed by atoms with van der Waals surface area (Å²) in [6.45, 7) is 2.69. The van der Waals surface area contributed by atoms with Gasteiger partial charge in [0.25, 0.3) is 0 Å². The first-order chi connectivity index (χ1) is 10.1. The Balaban J connectivity index is 1.82. The molecule has 0 saturated carbocycles.